The summed E-state index contributed by atoms with van der Waals surface area (Å²) in [6, 6.07) is 18.5. The van der Waals surface area contributed by atoms with E-state index in [4.69, 9.17) is 11.6 Å². The number of nitrogens with one attached hydrogen (secondary N) is 1. The molecule has 1 aliphatic heterocycles. The molecule has 6 heteroatoms. The summed E-state index contributed by atoms with van der Waals surface area (Å²) in [6.07, 6.45) is 2.38. The Morgan fingerprint density at radius 1 is 1.03 bits per heavy atom. The molecule has 3 aromatic rings. The maximum atomic E-state index is 12.5. The minimum atomic E-state index is -0.203. The van der Waals surface area contributed by atoms with Crippen molar-refractivity contribution in [2.75, 3.05) is 23.3 Å². The molecule has 0 radical (unpaired) electrons. The number of rotatable bonds is 4. The van der Waals surface area contributed by atoms with E-state index < -0.39 is 0 Å². The second kappa shape index (κ2) is 8.62. The molecule has 1 aliphatic rings. The molecule has 2 heterocycles. The lowest BCUT2D eigenvalue weighted by Crippen LogP contribution is -2.33. The molecule has 1 fully saturated rings. The Balaban J connectivity index is 1.47. The molecular formula is C23H23ClN4O. The Kier molecular flexibility index (Phi) is 5.76. The normalized spacial score (nSPS) is 14.6. The van der Waals surface area contributed by atoms with Crippen molar-refractivity contribution in [3.8, 4) is 11.3 Å². The SMILES string of the molecule is CC1CCN(c2ccc(-c3cccc(NC(=O)c4cccc(Cl)c4)c3)nn2)CC1. The largest absolute Gasteiger partial charge is 0.355 e. The van der Waals surface area contributed by atoms with Crippen LogP contribution in [0.25, 0.3) is 11.3 Å². The summed E-state index contributed by atoms with van der Waals surface area (Å²) in [5, 5.41) is 12.3. The quantitative estimate of drug-likeness (QED) is 0.639. The predicted octanol–water partition coefficient (Wildman–Crippen LogP) is 5.29. The number of hydrogen-bond donors (Lipinski definition) is 1. The summed E-state index contributed by atoms with van der Waals surface area (Å²) in [5.41, 5.74) is 2.89. The van der Waals surface area contributed by atoms with Crippen molar-refractivity contribution in [3.05, 3.63) is 71.2 Å². The van der Waals surface area contributed by atoms with E-state index in [2.05, 4.69) is 27.3 Å². The second-order valence-corrected chi connectivity index (χ2v) is 7.93. The van der Waals surface area contributed by atoms with Crippen LogP contribution >= 0.6 is 11.6 Å². The standard InChI is InChI=1S/C23H23ClN4O/c1-16-10-12-28(13-11-16)22-9-8-21(26-27-22)17-4-3-7-20(15-17)25-23(29)18-5-2-6-19(24)14-18/h2-9,14-16H,10-13H2,1H3,(H,25,29). The maximum Gasteiger partial charge on any atom is 0.255 e. The number of anilines is 2. The molecule has 0 bridgehead atoms. The summed E-state index contributed by atoms with van der Waals surface area (Å²) in [6.45, 7) is 4.35. The predicted molar refractivity (Wildman–Crippen MR) is 117 cm³/mol. The number of piperidine rings is 1. The van der Waals surface area contributed by atoms with Crippen LogP contribution in [0.5, 0.6) is 0 Å². The number of hydrogen-bond acceptors (Lipinski definition) is 4. The maximum absolute atomic E-state index is 12.5. The Morgan fingerprint density at radius 3 is 2.55 bits per heavy atom. The van der Waals surface area contributed by atoms with Crippen LogP contribution in [-0.4, -0.2) is 29.2 Å². The molecule has 148 valence electrons. The fourth-order valence-corrected chi connectivity index (χ4v) is 3.67. The van der Waals surface area contributed by atoms with E-state index in [-0.39, 0.29) is 5.91 Å². The number of aromatic nitrogens is 2. The zero-order valence-corrected chi connectivity index (χ0v) is 17.1. The number of carbonyl (C=O) groups excluding carboxylic acids is 1. The summed E-state index contributed by atoms with van der Waals surface area (Å²) >= 11 is 5.97. The van der Waals surface area contributed by atoms with E-state index in [0.29, 0.717) is 16.3 Å². The molecule has 1 amide bonds. The van der Waals surface area contributed by atoms with Gasteiger partial charge < -0.3 is 10.2 Å². The van der Waals surface area contributed by atoms with Gasteiger partial charge in [-0.2, -0.15) is 0 Å². The third-order valence-corrected chi connectivity index (χ3v) is 5.50. The summed E-state index contributed by atoms with van der Waals surface area (Å²) in [4.78, 5) is 14.7. The molecule has 1 saturated heterocycles. The second-order valence-electron chi connectivity index (χ2n) is 7.49. The van der Waals surface area contributed by atoms with Crippen LogP contribution in [0.15, 0.2) is 60.7 Å². The highest BCUT2D eigenvalue weighted by molar-refractivity contribution is 6.31. The van der Waals surface area contributed by atoms with Crippen LogP contribution in [0.4, 0.5) is 11.5 Å². The Hall–Kier alpha value is -2.92. The monoisotopic (exact) mass is 406 g/mol. The van der Waals surface area contributed by atoms with Gasteiger partial charge in [-0.05, 0) is 61.2 Å². The number of nitrogens with zero attached hydrogens (tertiary/aromatic N) is 3. The van der Waals surface area contributed by atoms with Gasteiger partial charge in [0.2, 0.25) is 0 Å². The van der Waals surface area contributed by atoms with Crippen LogP contribution < -0.4 is 10.2 Å². The molecule has 1 N–H and O–H groups in total. The van der Waals surface area contributed by atoms with Gasteiger partial charge in [0.15, 0.2) is 5.82 Å². The van der Waals surface area contributed by atoms with Crippen LogP contribution in [-0.2, 0) is 0 Å². The molecule has 0 aliphatic carbocycles. The lowest BCUT2D eigenvalue weighted by Gasteiger charge is -2.30. The Bertz CT molecular complexity index is 998. The highest BCUT2D eigenvalue weighted by Gasteiger charge is 2.17. The molecule has 0 saturated carbocycles. The average molecular weight is 407 g/mol. The van der Waals surface area contributed by atoms with Gasteiger partial charge in [-0.25, -0.2) is 0 Å². The van der Waals surface area contributed by atoms with Crippen molar-refractivity contribution in [1.82, 2.24) is 10.2 Å². The van der Waals surface area contributed by atoms with Gasteiger partial charge in [0.25, 0.3) is 5.91 Å². The van der Waals surface area contributed by atoms with E-state index in [0.717, 1.165) is 36.1 Å². The summed E-state index contributed by atoms with van der Waals surface area (Å²) < 4.78 is 0. The molecular weight excluding hydrogens is 384 g/mol. The first kappa shape index (κ1) is 19.4. The molecule has 1 aromatic heterocycles. The molecule has 2 aromatic carbocycles. The molecule has 0 unspecified atom stereocenters. The van der Waals surface area contributed by atoms with E-state index in [1.54, 1.807) is 24.3 Å². The smallest absolute Gasteiger partial charge is 0.255 e. The van der Waals surface area contributed by atoms with Crippen LogP contribution in [0, 0.1) is 5.92 Å². The highest BCUT2D eigenvalue weighted by atomic mass is 35.5. The third kappa shape index (κ3) is 4.74. The van der Waals surface area contributed by atoms with Gasteiger partial charge in [0.05, 0.1) is 5.69 Å². The van der Waals surface area contributed by atoms with Gasteiger partial charge in [-0.3, -0.25) is 4.79 Å². The Morgan fingerprint density at radius 2 is 1.83 bits per heavy atom. The summed E-state index contributed by atoms with van der Waals surface area (Å²) in [7, 11) is 0. The lowest BCUT2D eigenvalue weighted by molar-refractivity contribution is 0.102. The number of benzene rings is 2. The van der Waals surface area contributed by atoms with E-state index in [9.17, 15) is 4.79 Å². The van der Waals surface area contributed by atoms with Crippen molar-refractivity contribution < 1.29 is 4.79 Å². The third-order valence-electron chi connectivity index (χ3n) is 5.26. The molecule has 29 heavy (non-hydrogen) atoms. The van der Waals surface area contributed by atoms with Crippen LogP contribution in [0.1, 0.15) is 30.1 Å². The van der Waals surface area contributed by atoms with Crippen LogP contribution in [0.2, 0.25) is 5.02 Å². The minimum Gasteiger partial charge on any atom is -0.355 e. The zero-order valence-electron chi connectivity index (χ0n) is 16.3. The van der Waals surface area contributed by atoms with E-state index in [1.165, 1.54) is 12.8 Å². The van der Waals surface area contributed by atoms with E-state index >= 15 is 0 Å². The van der Waals surface area contributed by atoms with Crippen molar-refractivity contribution in [2.45, 2.75) is 19.8 Å². The van der Waals surface area contributed by atoms with Gasteiger partial charge in [-0.1, -0.05) is 36.7 Å². The number of halogens is 1. The van der Waals surface area contributed by atoms with E-state index in [1.807, 2.05) is 36.4 Å². The first-order valence-corrected chi connectivity index (χ1v) is 10.2. The fourth-order valence-electron chi connectivity index (χ4n) is 3.47. The molecule has 0 spiro atoms. The lowest BCUT2D eigenvalue weighted by atomic mass is 9.99. The first-order valence-electron chi connectivity index (χ1n) is 9.84. The Labute approximate surface area is 175 Å². The topological polar surface area (TPSA) is 58.1 Å². The molecule has 4 rings (SSSR count). The summed E-state index contributed by atoms with van der Waals surface area (Å²) in [5.74, 6) is 1.50. The average Bonchev–Trinajstić information content (AvgIpc) is 2.75. The highest BCUT2D eigenvalue weighted by Crippen LogP contribution is 2.24. The first-order chi connectivity index (χ1) is 14.1. The molecule has 5 nitrogen and oxygen atoms in total. The van der Waals surface area contributed by atoms with Gasteiger partial charge >= 0.3 is 0 Å². The van der Waals surface area contributed by atoms with Crippen molar-refractivity contribution >= 4 is 29.0 Å². The zero-order chi connectivity index (χ0) is 20.2. The van der Waals surface area contributed by atoms with Gasteiger partial charge in [-0.15, -0.1) is 10.2 Å². The van der Waals surface area contributed by atoms with Crippen molar-refractivity contribution in [2.24, 2.45) is 5.92 Å². The minimum absolute atomic E-state index is 0.203. The van der Waals surface area contributed by atoms with Crippen LogP contribution in [0.3, 0.4) is 0 Å². The van der Waals surface area contributed by atoms with Gasteiger partial charge in [0, 0.05) is 34.9 Å². The molecule has 0 atom stereocenters. The van der Waals surface area contributed by atoms with Crippen molar-refractivity contribution in [3.63, 3.8) is 0 Å². The number of amides is 1. The van der Waals surface area contributed by atoms with Gasteiger partial charge in [0.1, 0.15) is 0 Å². The fraction of sp³-hybridized carbons (Fsp3) is 0.261. The van der Waals surface area contributed by atoms with Crippen molar-refractivity contribution in [1.29, 1.82) is 0 Å². The number of carbonyl (C=O) groups is 1.